The van der Waals surface area contributed by atoms with Crippen molar-refractivity contribution < 1.29 is 18.7 Å². The second-order valence-electron chi connectivity index (χ2n) is 14.2. The molecule has 0 spiro atoms. The fourth-order valence-electron chi connectivity index (χ4n) is 7.94. The normalized spacial score (nSPS) is 23.0. The molecule has 4 aliphatic rings. The largest absolute Gasteiger partial charge is 0.375 e. The average Bonchev–Trinajstić information content (AvgIpc) is 3.36. The quantitative estimate of drug-likeness (QED) is 0.196. The van der Waals surface area contributed by atoms with Gasteiger partial charge < -0.3 is 15.4 Å². The Labute approximate surface area is 280 Å². The van der Waals surface area contributed by atoms with Gasteiger partial charge in [-0.1, -0.05) is 54.6 Å². The molecule has 48 heavy (non-hydrogen) atoms. The van der Waals surface area contributed by atoms with E-state index in [0.29, 0.717) is 24.3 Å². The molecule has 2 bridgehead atoms. The van der Waals surface area contributed by atoms with Crippen molar-refractivity contribution >= 4 is 17.5 Å². The maximum atomic E-state index is 15.0. The second-order valence-corrected chi connectivity index (χ2v) is 14.2. The van der Waals surface area contributed by atoms with Gasteiger partial charge in [-0.2, -0.15) is 5.10 Å². The van der Waals surface area contributed by atoms with Gasteiger partial charge >= 0.3 is 0 Å². The first kappa shape index (κ1) is 31.0. The highest BCUT2D eigenvalue weighted by Crippen LogP contribution is 2.42. The Kier molecular flexibility index (Phi) is 7.92. The number of hydrogen-bond acceptors (Lipinski definition) is 5. The molecule has 3 N–H and O–H groups in total. The van der Waals surface area contributed by atoms with E-state index in [4.69, 9.17) is 4.74 Å². The van der Waals surface area contributed by atoms with Crippen LogP contribution in [0.25, 0.3) is 22.3 Å². The van der Waals surface area contributed by atoms with Crippen LogP contribution >= 0.6 is 0 Å². The molecule has 1 unspecified atom stereocenters. The van der Waals surface area contributed by atoms with Crippen molar-refractivity contribution in [2.75, 3.05) is 18.5 Å². The van der Waals surface area contributed by atoms with Gasteiger partial charge in [0.05, 0.1) is 18.4 Å². The Bertz CT molecular complexity index is 1830. The average molecular weight is 648 g/mol. The standard InChI is InChI=1S/C39H42FN5O3/c1-23-35(24(2)44-43-23)28-12-14-30(15-13-28)41-37(46)36(42-38(47)39(40)16-17-39)33-5-3-4-27-10-11-29(18-34(27)33)26-8-6-25(7-9-26)20-45-21-32-19-31(45)22-48-32/h6-15,18,31-33,36H,3-5,16-17,19-22H2,1-2H3,(H,41,46)(H,42,47)(H,43,44)/t31-,32-,33-,36?/m1/s1. The van der Waals surface area contributed by atoms with Crippen molar-refractivity contribution in [1.29, 1.82) is 0 Å². The second kappa shape index (κ2) is 12.3. The Hall–Kier alpha value is -4.34. The van der Waals surface area contributed by atoms with Gasteiger partial charge in [0.1, 0.15) is 6.04 Å². The van der Waals surface area contributed by atoms with Crippen LogP contribution in [0.5, 0.6) is 0 Å². The van der Waals surface area contributed by atoms with Crippen LogP contribution in [-0.4, -0.2) is 63.9 Å². The number of rotatable bonds is 9. The number of carbonyl (C=O) groups excluding carboxylic acids is 2. The van der Waals surface area contributed by atoms with Crippen molar-refractivity contribution in [3.8, 4) is 22.3 Å². The Morgan fingerprint density at radius 1 is 1.04 bits per heavy atom. The van der Waals surface area contributed by atoms with Gasteiger partial charge in [-0.15, -0.1) is 0 Å². The molecule has 248 valence electrons. The summed E-state index contributed by atoms with van der Waals surface area (Å²) < 4.78 is 20.7. The molecule has 8 rings (SSSR count). The molecule has 9 heteroatoms. The lowest BCUT2D eigenvalue weighted by molar-refractivity contribution is -0.131. The number of aromatic amines is 1. The third-order valence-electron chi connectivity index (χ3n) is 10.8. The molecule has 4 atom stereocenters. The van der Waals surface area contributed by atoms with Crippen molar-refractivity contribution in [1.82, 2.24) is 20.4 Å². The molecular weight excluding hydrogens is 605 g/mol. The molecule has 2 amide bonds. The van der Waals surface area contributed by atoms with Gasteiger partial charge in [0.2, 0.25) is 5.91 Å². The summed E-state index contributed by atoms with van der Waals surface area (Å²) in [5.74, 6) is -1.33. The number of aryl methyl sites for hydroxylation is 3. The summed E-state index contributed by atoms with van der Waals surface area (Å²) in [6.07, 6.45) is 4.40. The Balaban J connectivity index is 1.04. The zero-order valence-corrected chi connectivity index (χ0v) is 27.5. The number of benzene rings is 3. The number of hydrogen-bond donors (Lipinski definition) is 3. The highest BCUT2D eigenvalue weighted by Gasteiger charge is 2.52. The summed E-state index contributed by atoms with van der Waals surface area (Å²) >= 11 is 0. The number of anilines is 1. The maximum absolute atomic E-state index is 15.0. The number of amides is 2. The van der Waals surface area contributed by atoms with E-state index in [1.807, 2.05) is 38.1 Å². The number of H-pyrrole nitrogens is 1. The highest BCUT2D eigenvalue weighted by molar-refractivity contribution is 6.00. The van der Waals surface area contributed by atoms with Gasteiger partial charge in [-0.25, -0.2) is 4.39 Å². The molecule has 2 aliphatic carbocycles. The number of ether oxygens (including phenoxy) is 1. The Morgan fingerprint density at radius 3 is 2.46 bits per heavy atom. The smallest absolute Gasteiger partial charge is 0.258 e. The molecule has 3 fully saturated rings. The number of alkyl halides is 1. The van der Waals surface area contributed by atoms with E-state index < -0.39 is 17.6 Å². The first-order valence-corrected chi connectivity index (χ1v) is 17.2. The van der Waals surface area contributed by atoms with E-state index in [-0.39, 0.29) is 24.7 Å². The van der Waals surface area contributed by atoms with E-state index >= 15 is 0 Å². The summed E-state index contributed by atoms with van der Waals surface area (Å²) in [6, 6.07) is 22.4. The number of halogens is 1. The van der Waals surface area contributed by atoms with Crippen LogP contribution < -0.4 is 10.6 Å². The summed E-state index contributed by atoms with van der Waals surface area (Å²) in [6.45, 7) is 6.70. The van der Waals surface area contributed by atoms with E-state index in [1.54, 1.807) is 0 Å². The predicted octanol–water partition coefficient (Wildman–Crippen LogP) is 6.38. The summed E-state index contributed by atoms with van der Waals surface area (Å²) in [4.78, 5) is 29.6. The third-order valence-corrected chi connectivity index (χ3v) is 10.8. The summed E-state index contributed by atoms with van der Waals surface area (Å²) in [5.41, 5.74) is 8.30. The first-order valence-electron chi connectivity index (χ1n) is 17.2. The van der Waals surface area contributed by atoms with E-state index in [0.717, 1.165) is 78.2 Å². The molecule has 2 aliphatic heterocycles. The SMILES string of the molecule is Cc1n[nH]c(C)c1-c1ccc(NC(=O)C(NC(=O)C2(F)CC2)[C@@H]2CCCc3ccc(-c4ccc(CN5C[C@H]6C[C@@H]5CO6)cc4)cc32)cc1. The minimum Gasteiger partial charge on any atom is -0.375 e. The molecule has 3 heterocycles. The van der Waals surface area contributed by atoms with Crippen molar-refractivity contribution in [2.24, 2.45) is 0 Å². The number of aromatic nitrogens is 2. The number of nitrogens with one attached hydrogen (secondary N) is 3. The van der Waals surface area contributed by atoms with Crippen molar-refractivity contribution in [3.63, 3.8) is 0 Å². The number of fused-ring (bicyclic) bond motifs is 3. The van der Waals surface area contributed by atoms with Gasteiger partial charge in [-0.05, 0) is 97.9 Å². The number of morpholine rings is 1. The summed E-state index contributed by atoms with van der Waals surface area (Å²) in [5, 5.41) is 13.2. The van der Waals surface area contributed by atoms with Gasteiger partial charge in [0, 0.05) is 42.0 Å². The van der Waals surface area contributed by atoms with Crippen molar-refractivity contribution in [2.45, 2.75) is 88.7 Å². The molecule has 4 aromatic rings. The van der Waals surface area contributed by atoms with Crippen LogP contribution in [0.2, 0.25) is 0 Å². The minimum absolute atomic E-state index is 0.190. The third kappa shape index (κ3) is 5.94. The molecule has 3 aromatic carbocycles. The zero-order valence-electron chi connectivity index (χ0n) is 27.5. The fraction of sp³-hybridized carbons (Fsp3) is 0.410. The minimum atomic E-state index is -1.89. The van der Waals surface area contributed by atoms with Crippen LogP contribution in [0.1, 0.15) is 66.1 Å². The molecule has 0 radical (unpaired) electrons. The predicted molar refractivity (Wildman–Crippen MR) is 183 cm³/mol. The lowest BCUT2D eigenvalue weighted by atomic mass is 9.77. The summed E-state index contributed by atoms with van der Waals surface area (Å²) in [7, 11) is 0. The Morgan fingerprint density at radius 2 is 1.79 bits per heavy atom. The van der Waals surface area contributed by atoms with Gasteiger partial charge in [0.15, 0.2) is 5.67 Å². The van der Waals surface area contributed by atoms with E-state index in [1.165, 1.54) is 11.1 Å². The van der Waals surface area contributed by atoms with Crippen LogP contribution in [0.15, 0.2) is 66.7 Å². The lowest BCUT2D eigenvalue weighted by Crippen LogP contribution is -2.51. The molecule has 1 saturated carbocycles. The maximum Gasteiger partial charge on any atom is 0.258 e. The first-order chi connectivity index (χ1) is 23.2. The zero-order chi connectivity index (χ0) is 33.0. The monoisotopic (exact) mass is 647 g/mol. The van der Waals surface area contributed by atoms with Crippen molar-refractivity contribution in [3.05, 3.63) is 94.8 Å². The van der Waals surface area contributed by atoms with Crippen LogP contribution in [-0.2, 0) is 27.3 Å². The number of carbonyl (C=O) groups is 2. The van der Waals surface area contributed by atoms with E-state index in [2.05, 4.69) is 68.2 Å². The van der Waals surface area contributed by atoms with Crippen LogP contribution in [0.4, 0.5) is 10.1 Å². The fourth-order valence-corrected chi connectivity index (χ4v) is 7.94. The molecule has 2 saturated heterocycles. The van der Waals surface area contributed by atoms with Crippen LogP contribution in [0, 0.1) is 13.8 Å². The topological polar surface area (TPSA) is 99.3 Å². The number of likely N-dealkylation sites (tertiary alicyclic amines) is 1. The van der Waals surface area contributed by atoms with Gasteiger partial charge in [0.25, 0.3) is 5.91 Å². The van der Waals surface area contributed by atoms with Gasteiger partial charge in [-0.3, -0.25) is 19.6 Å². The highest BCUT2D eigenvalue weighted by atomic mass is 19.1. The molecule has 1 aromatic heterocycles. The lowest BCUT2D eigenvalue weighted by Gasteiger charge is -2.33. The molecule has 8 nitrogen and oxygen atoms in total. The number of nitrogens with zero attached hydrogens (tertiary/aromatic N) is 2. The molecular formula is C39H42FN5O3. The van der Waals surface area contributed by atoms with Crippen LogP contribution in [0.3, 0.4) is 0 Å². The van der Waals surface area contributed by atoms with E-state index in [9.17, 15) is 14.0 Å².